The molecule has 0 heterocycles. The van der Waals surface area contributed by atoms with Crippen molar-refractivity contribution in [3.8, 4) is 5.75 Å². The van der Waals surface area contributed by atoms with E-state index in [1.165, 1.54) is 43.5 Å². The van der Waals surface area contributed by atoms with Crippen LogP contribution < -0.4 is 10.6 Å². The van der Waals surface area contributed by atoms with Crippen LogP contribution in [0.3, 0.4) is 0 Å². The Balaban J connectivity index is 1.85. The van der Waals surface area contributed by atoms with E-state index in [-0.39, 0.29) is 22.4 Å². The molecule has 9 nitrogen and oxygen atoms in total. The lowest BCUT2D eigenvalue weighted by Crippen LogP contribution is -2.21. The van der Waals surface area contributed by atoms with Crippen molar-refractivity contribution >= 4 is 44.3 Å². The van der Waals surface area contributed by atoms with Gasteiger partial charge in [0.2, 0.25) is 0 Å². The molecule has 10 heteroatoms. The van der Waals surface area contributed by atoms with Crippen LogP contribution in [-0.4, -0.2) is 37.2 Å². The second kappa shape index (κ2) is 7.78. The highest BCUT2D eigenvalue weighted by Gasteiger charge is 2.15. The van der Waals surface area contributed by atoms with Crippen LogP contribution >= 0.6 is 0 Å². The molecule has 150 valence electrons. The van der Waals surface area contributed by atoms with Crippen molar-refractivity contribution in [3.05, 3.63) is 60.2 Å². The highest BCUT2D eigenvalue weighted by atomic mass is 32.2. The normalized spacial score (nSPS) is 11.1. The number of aromatic hydroxyl groups is 1. The zero-order valence-corrected chi connectivity index (χ0v) is 15.9. The van der Waals surface area contributed by atoms with Gasteiger partial charge in [-0.05, 0) is 35.7 Å². The molecule has 0 aliphatic rings. The van der Waals surface area contributed by atoms with Gasteiger partial charge in [0.15, 0.2) is 0 Å². The van der Waals surface area contributed by atoms with Crippen molar-refractivity contribution in [1.82, 2.24) is 0 Å². The fourth-order valence-electron chi connectivity index (χ4n) is 2.70. The highest BCUT2D eigenvalue weighted by Crippen LogP contribution is 2.31. The number of phenols is 1. The number of fused-ring (bicyclic) bond motifs is 1. The summed E-state index contributed by atoms with van der Waals surface area (Å²) in [6, 6.07) is 12.2. The molecule has 0 fully saturated rings. The third-order valence-corrected chi connectivity index (χ3v) is 4.87. The molecule has 0 aromatic heterocycles. The molecule has 4 N–H and O–H groups in total. The Bertz CT molecular complexity index is 1220. The second-order valence-corrected chi connectivity index (χ2v) is 7.39. The zero-order valence-electron chi connectivity index (χ0n) is 15.0. The summed E-state index contributed by atoms with van der Waals surface area (Å²) < 4.78 is 36.3. The summed E-state index contributed by atoms with van der Waals surface area (Å²) in [5.74, 6) is -0.985. The van der Waals surface area contributed by atoms with Crippen LogP contribution in [0.4, 0.5) is 16.2 Å². The number of urea groups is 1. The molecule has 3 aromatic rings. The number of ether oxygens (including phenoxy) is 1. The van der Waals surface area contributed by atoms with E-state index in [9.17, 15) is 23.1 Å². The van der Waals surface area contributed by atoms with Gasteiger partial charge in [0, 0.05) is 17.1 Å². The van der Waals surface area contributed by atoms with Crippen molar-refractivity contribution in [3.63, 3.8) is 0 Å². The van der Waals surface area contributed by atoms with Crippen molar-refractivity contribution in [2.45, 2.75) is 4.90 Å². The lowest BCUT2D eigenvalue weighted by Gasteiger charge is -2.12. The maximum atomic E-state index is 12.3. The van der Waals surface area contributed by atoms with Gasteiger partial charge < -0.3 is 20.5 Å². The van der Waals surface area contributed by atoms with Crippen LogP contribution in [0.25, 0.3) is 10.8 Å². The predicted octanol–water partition coefficient (Wildman–Crippen LogP) is 3.22. The van der Waals surface area contributed by atoms with E-state index in [1.807, 2.05) is 0 Å². The maximum absolute atomic E-state index is 12.3. The summed E-state index contributed by atoms with van der Waals surface area (Å²) in [6.45, 7) is 0. The van der Waals surface area contributed by atoms with E-state index in [4.69, 9.17) is 4.55 Å². The minimum atomic E-state index is -4.47. The standard InChI is InChI=1S/C19H16N2O7S/c1-28-18(23)14-4-2-3-5-16(14)21-19(24)20-12-7-6-11-8-13(29(25,26)27)10-17(22)15(11)9-12/h2-10,22H,1H3,(H2,20,21,24)(H,25,26,27). The van der Waals surface area contributed by atoms with Gasteiger partial charge in [-0.15, -0.1) is 0 Å². The first-order chi connectivity index (χ1) is 13.7. The van der Waals surface area contributed by atoms with E-state index in [2.05, 4.69) is 15.4 Å². The number of hydrogen-bond donors (Lipinski definition) is 4. The fourth-order valence-corrected chi connectivity index (χ4v) is 3.24. The van der Waals surface area contributed by atoms with Gasteiger partial charge in [0.05, 0.1) is 23.3 Å². The highest BCUT2D eigenvalue weighted by molar-refractivity contribution is 7.85. The number of carbonyl (C=O) groups is 2. The number of para-hydroxylation sites is 1. The monoisotopic (exact) mass is 416 g/mol. The van der Waals surface area contributed by atoms with E-state index in [0.29, 0.717) is 11.1 Å². The third-order valence-electron chi connectivity index (χ3n) is 4.04. The third kappa shape index (κ3) is 4.45. The number of rotatable bonds is 4. The summed E-state index contributed by atoms with van der Waals surface area (Å²) in [5.41, 5.74) is 0.734. The maximum Gasteiger partial charge on any atom is 0.339 e. The Morgan fingerprint density at radius 3 is 2.41 bits per heavy atom. The molecule has 0 saturated heterocycles. The molecule has 0 radical (unpaired) electrons. The number of nitrogens with one attached hydrogen (secondary N) is 2. The van der Waals surface area contributed by atoms with Gasteiger partial charge in [-0.1, -0.05) is 18.2 Å². The summed E-state index contributed by atoms with van der Waals surface area (Å²) in [7, 11) is -3.24. The average Bonchev–Trinajstić information content (AvgIpc) is 2.67. The molecule has 0 atom stereocenters. The molecular formula is C19H16N2O7S. The first kappa shape index (κ1) is 20.1. The van der Waals surface area contributed by atoms with Crippen molar-refractivity contribution in [1.29, 1.82) is 0 Å². The van der Waals surface area contributed by atoms with Gasteiger partial charge in [-0.25, -0.2) is 9.59 Å². The summed E-state index contributed by atoms with van der Waals surface area (Å²) in [5, 5.41) is 15.8. The summed E-state index contributed by atoms with van der Waals surface area (Å²) >= 11 is 0. The molecule has 29 heavy (non-hydrogen) atoms. The van der Waals surface area contributed by atoms with Crippen LogP contribution in [0, 0.1) is 0 Å². The van der Waals surface area contributed by atoms with E-state index >= 15 is 0 Å². The molecule has 0 saturated carbocycles. The Hall–Kier alpha value is -3.63. The van der Waals surface area contributed by atoms with E-state index in [0.717, 1.165) is 6.07 Å². The van der Waals surface area contributed by atoms with Crippen LogP contribution in [0.1, 0.15) is 10.4 Å². The number of amides is 2. The number of esters is 1. The van der Waals surface area contributed by atoms with Crippen LogP contribution in [0.2, 0.25) is 0 Å². The molecule has 0 aliphatic carbocycles. The van der Waals surface area contributed by atoms with Crippen LogP contribution in [0.15, 0.2) is 59.5 Å². The average molecular weight is 416 g/mol. The SMILES string of the molecule is COC(=O)c1ccccc1NC(=O)Nc1ccc2cc(S(=O)(=O)O)cc(O)c2c1. The first-order valence-corrected chi connectivity index (χ1v) is 9.62. The lowest BCUT2D eigenvalue weighted by molar-refractivity contribution is 0.0602. The second-order valence-electron chi connectivity index (χ2n) is 5.97. The number of carbonyl (C=O) groups excluding carboxylic acids is 2. The Morgan fingerprint density at radius 2 is 1.72 bits per heavy atom. The van der Waals surface area contributed by atoms with Crippen LogP contribution in [0.5, 0.6) is 5.75 Å². The van der Waals surface area contributed by atoms with Gasteiger partial charge in [-0.2, -0.15) is 8.42 Å². The topological polar surface area (TPSA) is 142 Å². The molecule has 0 aliphatic heterocycles. The van der Waals surface area contributed by atoms with E-state index in [1.54, 1.807) is 12.1 Å². The molecule has 3 aromatic carbocycles. The molecule has 0 spiro atoms. The van der Waals surface area contributed by atoms with Gasteiger partial charge in [-0.3, -0.25) is 4.55 Å². The van der Waals surface area contributed by atoms with Crippen molar-refractivity contribution < 1.29 is 32.4 Å². The van der Waals surface area contributed by atoms with E-state index < -0.39 is 27.0 Å². The molecule has 3 rings (SSSR count). The predicted molar refractivity (Wildman–Crippen MR) is 106 cm³/mol. The Morgan fingerprint density at radius 1 is 1.00 bits per heavy atom. The first-order valence-electron chi connectivity index (χ1n) is 8.18. The Labute approximate surface area is 165 Å². The summed E-state index contributed by atoms with van der Waals surface area (Å²) in [4.78, 5) is 23.6. The fraction of sp³-hybridized carbons (Fsp3) is 0.0526. The van der Waals surface area contributed by atoms with Crippen molar-refractivity contribution in [2.24, 2.45) is 0 Å². The Kier molecular flexibility index (Phi) is 5.39. The molecule has 0 bridgehead atoms. The number of anilines is 2. The minimum Gasteiger partial charge on any atom is -0.507 e. The van der Waals surface area contributed by atoms with Gasteiger partial charge in [0.1, 0.15) is 5.75 Å². The largest absolute Gasteiger partial charge is 0.507 e. The molecular weight excluding hydrogens is 400 g/mol. The quantitative estimate of drug-likeness (QED) is 0.378. The lowest BCUT2D eigenvalue weighted by atomic mass is 10.1. The number of methoxy groups -OCH3 is 1. The zero-order chi connectivity index (χ0) is 21.2. The molecule has 2 amide bonds. The number of hydrogen-bond acceptors (Lipinski definition) is 6. The summed E-state index contributed by atoms with van der Waals surface area (Å²) in [6.07, 6.45) is 0. The van der Waals surface area contributed by atoms with Gasteiger partial charge in [0.25, 0.3) is 10.1 Å². The van der Waals surface area contributed by atoms with Crippen molar-refractivity contribution in [2.75, 3.05) is 17.7 Å². The number of benzene rings is 3. The van der Waals surface area contributed by atoms with Gasteiger partial charge >= 0.3 is 12.0 Å². The van der Waals surface area contributed by atoms with Crippen LogP contribution in [-0.2, 0) is 14.9 Å². The minimum absolute atomic E-state index is 0.180. The smallest absolute Gasteiger partial charge is 0.339 e. The molecule has 0 unspecified atom stereocenters. The number of phenolic OH excluding ortho intramolecular Hbond substituents is 1.